The summed E-state index contributed by atoms with van der Waals surface area (Å²) in [6, 6.07) is 13.5. The first-order valence-corrected chi connectivity index (χ1v) is 9.03. The molecule has 1 aliphatic rings. The zero-order valence-corrected chi connectivity index (χ0v) is 15.5. The van der Waals surface area contributed by atoms with Gasteiger partial charge in [-0.15, -0.1) is 0 Å². The van der Waals surface area contributed by atoms with Crippen LogP contribution in [-0.4, -0.2) is 44.1 Å². The minimum Gasteiger partial charge on any atom is -0.484 e. The Kier molecular flexibility index (Phi) is 6.11. The van der Waals surface area contributed by atoms with Gasteiger partial charge in [-0.05, 0) is 37.3 Å². The van der Waals surface area contributed by atoms with Gasteiger partial charge in [0.25, 0.3) is 11.8 Å². The average Bonchev–Trinajstić information content (AvgIpc) is 3.13. The molecule has 146 valence electrons. The Morgan fingerprint density at radius 3 is 2.75 bits per heavy atom. The highest BCUT2D eigenvalue weighted by molar-refractivity contribution is 6.05. The molecule has 0 bridgehead atoms. The normalized spacial score (nSPS) is 13.0. The van der Waals surface area contributed by atoms with Crippen molar-refractivity contribution in [2.75, 3.05) is 36.5 Å². The molecule has 0 aromatic heterocycles. The van der Waals surface area contributed by atoms with Crippen molar-refractivity contribution in [1.29, 1.82) is 0 Å². The van der Waals surface area contributed by atoms with Crippen LogP contribution in [0.2, 0.25) is 0 Å². The Balaban J connectivity index is 1.65. The van der Waals surface area contributed by atoms with Crippen LogP contribution in [0.5, 0.6) is 5.75 Å². The third-order valence-electron chi connectivity index (χ3n) is 4.11. The molecule has 1 heterocycles. The van der Waals surface area contributed by atoms with Crippen LogP contribution in [-0.2, 0) is 4.79 Å². The van der Waals surface area contributed by atoms with Crippen LogP contribution >= 0.6 is 0 Å². The fourth-order valence-electron chi connectivity index (χ4n) is 2.80. The van der Waals surface area contributed by atoms with E-state index in [1.54, 1.807) is 53.4 Å². The van der Waals surface area contributed by atoms with Crippen molar-refractivity contribution >= 4 is 29.2 Å². The summed E-state index contributed by atoms with van der Waals surface area (Å²) in [6.45, 7) is 3.42. The Bertz CT molecular complexity index is 884. The molecule has 3 rings (SSSR count). The van der Waals surface area contributed by atoms with Crippen LogP contribution < -0.4 is 25.6 Å². The summed E-state index contributed by atoms with van der Waals surface area (Å²) in [5.74, 6) is -0.0337. The molecule has 4 amide bonds. The van der Waals surface area contributed by atoms with Crippen molar-refractivity contribution in [2.24, 2.45) is 0 Å². The number of benzene rings is 2. The summed E-state index contributed by atoms with van der Waals surface area (Å²) in [6.07, 6.45) is 0. The van der Waals surface area contributed by atoms with Gasteiger partial charge in [-0.25, -0.2) is 4.79 Å². The number of hydrogen-bond acceptors (Lipinski definition) is 4. The van der Waals surface area contributed by atoms with Crippen LogP contribution in [0.3, 0.4) is 0 Å². The minimum absolute atomic E-state index is 0.0921. The smallest absolute Gasteiger partial charge is 0.321 e. The molecule has 8 nitrogen and oxygen atoms in total. The molecule has 3 N–H and O–H groups in total. The maximum absolute atomic E-state index is 12.6. The Morgan fingerprint density at radius 1 is 1.18 bits per heavy atom. The molecule has 0 aliphatic carbocycles. The molecular formula is C20H22N4O4. The van der Waals surface area contributed by atoms with E-state index in [9.17, 15) is 14.4 Å². The first kappa shape index (κ1) is 19.2. The van der Waals surface area contributed by atoms with Crippen molar-refractivity contribution < 1.29 is 19.1 Å². The molecule has 8 heteroatoms. The van der Waals surface area contributed by atoms with Gasteiger partial charge in [0.15, 0.2) is 6.61 Å². The monoisotopic (exact) mass is 382 g/mol. The number of hydrogen-bond donors (Lipinski definition) is 3. The van der Waals surface area contributed by atoms with E-state index in [-0.39, 0.29) is 24.5 Å². The number of nitrogens with one attached hydrogen (secondary N) is 3. The zero-order valence-electron chi connectivity index (χ0n) is 15.5. The standard InChI is InChI=1S/C20H22N4O4/c1-2-21-18(25)13-28-17-8-4-6-15(12-17)23-19(26)14-5-3-7-16(11-14)24-10-9-22-20(24)27/h3-8,11-12H,2,9-10,13H2,1H3,(H,21,25)(H,22,27)(H,23,26). The van der Waals surface area contributed by atoms with Gasteiger partial charge < -0.3 is 20.7 Å². The van der Waals surface area contributed by atoms with E-state index >= 15 is 0 Å². The van der Waals surface area contributed by atoms with Gasteiger partial charge in [0.2, 0.25) is 0 Å². The molecule has 0 unspecified atom stereocenters. The molecule has 1 fully saturated rings. The zero-order chi connectivity index (χ0) is 19.9. The second-order valence-corrected chi connectivity index (χ2v) is 6.16. The summed E-state index contributed by atoms with van der Waals surface area (Å²) in [4.78, 5) is 37.5. The Morgan fingerprint density at radius 2 is 2.00 bits per heavy atom. The SMILES string of the molecule is CCNC(=O)COc1cccc(NC(=O)c2cccc(N3CCNC3=O)c2)c1. The molecule has 0 saturated carbocycles. The van der Waals surface area contributed by atoms with E-state index in [1.807, 2.05) is 6.92 Å². The van der Waals surface area contributed by atoms with Gasteiger partial charge in [0.1, 0.15) is 5.75 Å². The Hall–Kier alpha value is -3.55. The van der Waals surface area contributed by atoms with Crippen molar-refractivity contribution in [2.45, 2.75) is 6.92 Å². The van der Waals surface area contributed by atoms with Crippen molar-refractivity contribution in [3.8, 4) is 5.75 Å². The number of urea groups is 1. The van der Waals surface area contributed by atoms with Crippen molar-refractivity contribution in [1.82, 2.24) is 10.6 Å². The van der Waals surface area contributed by atoms with Crippen LogP contribution in [0.1, 0.15) is 17.3 Å². The lowest BCUT2D eigenvalue weighted by Gasteiger charge is -2.15. The maximum Gasteiger partial charge on any atom is 0.321 e. The second-order valence-electron chi connectivity index (χ2n) is 6.16. The average molecular weight is 382 g/mol. The lowest BCUT2D eigenvalue weighted by atomic mass is 10.1. The van der Waals surface area contributed by atoms with E-state index in [2.05, 4.69) is 16.0 Å². The summed E-state index contributed by atoms with van der Waals surface area (Å²) in [5.41, 5.74) is 1.65. The van der Waals surface area contributed by atoms with Crippen LogP contribution in [0.15, 0.2) is 48.5 Å². The topological polar surface area (TPSA) is 99.8 Å². The maximum atomic E-state index is 12.6. The highest BCUT2D eigenvalue weighted by Crippen LogP contribution is 2.21. The number of carbonyl (C=O) groups is 3. The van der Waals surface area contributed by atoms with Gasteiger partial charge in [0.05, 0.1) is 0 Å². The third-order valence-corrected chi connectivity index (χ3v) is 4.11. The Labute approximate surface area is 162 Å². The first-order chi connectivity index (χ1) is 13.6. The second kappa shape index (κ2) is 8.90. The molecular weight excluding hydrogens is 360 g/mol. The molecule has 1 aliphatic heterocycles. The predicted molar refractivity (Wildman–Crippen MR) is 106 cm³/mol. The molecule has 0 spiro atoms. The number of ether oxygens (including phenoxy) is 1. The van der Waals surface area contributed by atoms with Gasteiger partial charge >= 0.3 is 6.03 Å². The highest BCUT2D eigenvalue weighted by atomic mass is 16.5. The van der Waals surface area contributed by atoms with E-state index in [1.165, 1.54) is 0 Å². The van der Waals surface area contributed by atoms with E-state index < -0.39 is 0 Å². The minimum atomic E-state index is -0.303. The van der Waals surface area contributed by atoms with Crippen LogP contribution in [0.4, 0.5) is 16.2 Å². The van der Waals surface area contributed by atoms with Crippen LogP contribution in [0, 0.1) is 0 Å². The molecule has 0 radical (unpaired) electrons. The largest absolute Gasteiger partial charge is 0.484 e. The van der Waals surface area contributed by atoms with Crippen molar-refractivity contribution in [3.05, 3.63) is 54.1 Å². The fourth-order valence-corrected chi connectivity index (χ4v) is 2.80. The van der Waals surface area contributed by atoms with E-state index in [0.29, 0.717) is 42.3 Å². The molecule has 2 aromatic rings. The molecule has 0 atom stereocenters. The number of anilines is 2. The number of carbonyl (C=O) groups excluding carboxylic acids is 3. The van der Waals surface area contributed by atoms with Gasteiger partial charge in [0, 0.05) is 42.6 Å². The number of rotatable bonds is 7. The highest BCUT2D eigenvalue weighted by Gasteiger charge is 2.21. The predicted octanol–water partition coefficient (Wildman–Crippen LogP) is 1.98. The van der Waals surface area contributed by atoms with Gasteiger partial charge in [-0.1, -0.05) is 12.1 Å². The molecule has 2 aromatic carbocycles. The molecule has 28 heavy (non-hydrogen) atoms. The van der Waals surface area contributed by atoms with Gasteiger partial charge in [-0.3, -0.25) is 14.5 Å². The number of amides is 4. The van der Waals surface area contributed by atoms with Crippen LogP contribution in [0.25, 0.3) is 0 Å². The summed E-state index contributed by atoms with van der Waals surface area (Å²) in [7, 11) is 0. The van der Waals surface area contributed by atoms with Gasteiger partial charge in [-0.2, -0.15) is 0 Å². The lowest BCUT2D eigenvalue weighted by molar-refractivity contribution is -0.122. The quantitative estimate of drug-likeness (QED) is 0.682. The van der Waals surface area contributed by atoms with Crippen molar-refractivity contribution in [3.63, 3.8) is 0 Å². The van der Waals surface area contributed by atoms with E-state index in [0.717, 1.165) is 0 Å². The molecule has 1 saturated heterocycles. The number of likely N-dealkylation sites (N-methyl/N-ethyl adjacent to an activating group) is 1. The number of nitrogens with zero attached hydrogens (tertiary/aromatic N) is 1. The summed E-state index contributed by atoms with van der Waals surface area (Å²) < 4.78 is 5.43. The lowest BCUT2D eigenvalue weighted by Crippen LogP contribution is -2.28. The summed E-state index contributed by atoms with van der Waals surface area (Å²) >= 11 is 0. The first-order valence-electron chi connectivity index (χ1n) is 9.03. The summed E-state index contributed by atoms with van der Waals surface area (Å²) in [5, 5.41) is 8.19. The third kappa shape index (κ3) is 4.79. The van der Waals surface area contributed by atoms with E-state index in [4.69, 9.17) is 4.74 Å². The fraction of sp³-hybridized carbons (Fsp3) is 0.250.